The molecule has 4 aliphatic rings. The van der Waals surface area contributed by atoms with Crippen LogP contribution >= 0.6 is 11.3 Å². The van der Waals surface area contributed by atoms with Crippen LogP contribution in [0.4, 0.5) is 10.1 Å². The van der Waals surface area contributed by atoms with Crippen molar-refractivity contribution >= 4 is 45.0 Å². The number of amides is 3. The van der Waals surface area contributed by atoms with Gasteiger partial charge in [0.2, 0.25) is 11.8 Å². The van der Waals surface area contributed by atoms with Crippen molar-refractivity contribution in [2.45, 2.75) is 81.5 Å². The molecule has 0 radical (unpaired) electrons. The molecule has 248 valence electrons. The van der Waals surface area contributed by atoms with Crippen molar-refractivity contribution < 1.29 is 28.3 Å². The molecule has 12 heteroatoms. The Morgan fingerprint density at radius 2 is 1.96 bits per heavy atom. The van der Waals surface area contributed by atoms with Crippen LogP contribution in [0.2, 0.25) is 0 Å². The van der Waals surface area contributed by atoms with E-state index in [1.54, 1.807) is 11.0 Å². The number of hydroxylamine groups is 1. The summed E-state index contributed by atoms with van der Waals surface area (Å²) in [5.41, 5.74) is 2.89. The number of nitrogens with one attached hydrogen (secondary N) is 3. The molecule has 3 N–H and O–H groups in total. The molecule has 3 amide bonds. The smallest absolute Gasteiger partial charge is 0.274 e. The highest BCUT2D eigenvalue weighted by atomic mass is 32.1. The Labute approximate surface area is 277 Å². The zero-order chi connectivity index (χ0) is 32.4. The van der Waals surface area contributed by atoms with Gasteiger partial charge in [-0.3, -0.25) is 19.2 Å². The predicted molar refractivity (Wildman–Crippen MR) is 176 cm³/mol. The van der Waals surface area contributed by atoms with Crippen molar-refractivity contribution in [2.75, 3.05) is 18.5 Å². The molecule has 47 heavy (non-hydrogen) atoms. The van der Waals surface area contributed by atoms with Gasteiger partial charge >= 0.3 is 0 Å². The first-order chi connectivity index (χ1) is 22.9. The lowest BCUT2D eigenvalue weighted by Gasteiger charge is -2.30. The van der Waals surface area contributed by atoms with Crippen molar-refractivity contribution in [3.63, 3.8) is 0 Å². The molecular weight excluding hydrogens is 621 g/mol. The highest BCUT2D eigenvalue weighted by Gasteiger charge is 2.61. The molecule has 2 saturated carbocycles. The number of fused-ring (bicyclic) bond motifs is 3. The second kappa shape index (κ2) is 13.6. The maximum Gasteiger partial charge on any atom is 0.274 e. The summed E-state index contributed by atoms with van der Waals surface area (Å²) < 4.78 is 20.8. The maximum atomic E-state index is 14.4. The molecule has 5 atom stereocenters. The summed E-state index contributed by atoms with van der Waals surface area (Å²) in [6.07, 6.45) is 10.6. The molecule has 3 fully saturated rings. The van der Waals surface area contributed by atoms with Gasteiger partial charge in [0.25, 0.3) is 11.1 Å². The molecule has 2 aliphatic heterocycles. The van der Waals surface area contributed by atoms with Crippen LogP contribution in [0, 0.1) is 17.7 Å². The van der Waals surface area contributed by atoms with Gasteiger partial charge in [-0.15, -0.1) is 0 Å². The Balaban J connectivity index is 1.15. The van der Waals surface area contributed by atoms with Gasteiger partial charge in [0.1, 0.15) is 29.5 Å². The lowest BCUT2D eigenvalue weighted by atomic mass is 10.0. The van der Waals surface area contributed by atoms with E-state index in [1.807, 2.05) is 36.4 Å². The van der Waals surface area contributed by atoms with Gasteiger partial charge in [-0.05, 0) is 74.8 Å². The van der Waals surface area contributed by atoms with E-state index in [-0.39, 0.29) is 36.5 Å². The number of nitrogens with zero attached hydrogens (tertiary/aromatic N) is 2. The number of carbonyl (C=O) groups is 3. The molecule has 3 aromatic rings. The third-order valence-electron chi connectivity index (χ3n) is 9.54. The van der Waals surface area contributed by atoms with Crippen molar-refractivity contribution in [2.24, 2.45) is 11.8 Å². The molecular formula is C35H40FN5O5S. The largest absolute Gasteiger partial charge is 0.465 e. The van der Waals surface area contributed by atoms with Gasteiger partial charge in [-0.2, -0.15) is 0 Å². The predicted octanol–water partition coefficient (Wildman–Crippen LogP) is 5.12. The van der Waals surface area contributed by atoms with Crippen LogP contribution in [0.15, 0.2) is 60.7 Å². The fourth-order valence-electron chi connectivity index (χ4n) is 6.57. The molecule has 3 heterocycles. The van der Waals surface area contributed by atoms with Crippen molar-refractivity contribution in [3.05, 3.63) is 66.5 Å². The van der Waals surface area contributed by atoms with Crippen LogP contribution in [-0.4, -0.2) is 64.5 Å². The van der Waals surface area contributed by atoms with Crippen LogP contribution < -0.4 is 20.9 Å². The summed E-state index contributed by atoms with van der Waals surface area (Å²) in [7, 11) is 0. The number of carbonyl (C=O) groups excluding carboxylic acids is 3. The molecule has 0 unspecified atom stereocenters. The van der Waals surface area contributed by atoms with Crippen LogP contribution in [0.5, 0.6) is 5.19 Å². The number of aromatic nitrogens is 1. The standard InChI is InChI=1S/C35H40FN5O5S/c36-24-15-16-27-30(17-24)47-34(38-27)46-26-18-29-31(42)39-35(33(44)40-45-21-22-13-14-22)19-23(35)9-5-2-1-3-8-12-28(32(43)41(29)20-26)37-25-10-6-4-7-11-25/h4-7,9-11,15-17,22-23,26,28-29,37H,1-3,8,12-14,18-21H2,(H,39,42)(H,40,44)/t23-,26-,28+,29+,35-/m1/s1. The van der Waals surface area contributed by atoms with Crippen LogP contribution in [-0.2, 0) is 19.2 Å². The van der Waals surface area contributed by atoms with E-state index in [0.717, 1.165) is 44.2 Å². The van der Waals surface area contributed by atoms with Crippen molar-refractivity contribution in [3.8, 4) is 5.19 Å². The number of allylic oxidation sites excluding steroid dienone is 1. The molecule has 1 aromatic heterocycles. The van der Waals surface area contributed by atoms with E-state index < -0.39 is 29.6 Å². The van der Waals surface area contributed by atoms with Gasteiger partial charge in [0.15, 0.2) is 0 Å². The fraction of sp³-hybridized carbons (Fsp3) is 0.486. The maximum absolute atomic E-state index is 14.4. The molecule has 0 bridgehead atoms. The SMILES string of the molecule is O=C1N[C@]2(C(=O)NOCC3CC3)C[C@H]2C=CCCCCC[C@H](Nc2ccccc2)C(=O)N2C[C@H](Oc3nc4ccc(F)cc4s3)C[C@@H]12. The molecule has 1 saturated heterocycles. The van der Waals surface area contributed by atoms with Crippen molar-refractivity contribution in [1.82, 2.24) is 20.7 Å². The number of hydrogen-bond donors (Lipinski definition) is 3. The number of anilines is 1. The first-order valence-corrected chi connectivity index (χ1v) is 17.5. The van der Waals surface area contributed by atoms with Gasteiger partial charge < -0.3 is 20.3 Å². The third-order valence-corrected chi connectivity index (χ3v) is 10.4. The average Bonchev–Trinajstić information content (AvgIpc) is 3.93. The number of rotatable bonds is 8. The number of hydrogen-bond acceptors (Lipinski definition) is 8. The third kappa shape index (κ3) is 7.28. The summed E-state index contributed by atoms with van der Waals surface area (Å²) in [5.74, 6) is -1.04. The average molecular weight is 662 g/mol. The Kier molecular flexibility index (Phi) is 9.13. The Morgan fingerprint density at radius 1 is 1.11 bits per heavy atom. The number of ether oxygens (including phenoxy) is 1. The van der Waals surface area contributed by atoms with E-state index in [9.17, 15) is 18.8 Å². The summed E-state index contributed by atoms with van der Waals surface area (Å²) in [6, 6.07) is 12.5. The number of thiazole rings is 1. The van der Waals surface area contributed by atoms with E-state index in [0.29, 0.717) is 40.8 Å². The number of halogens is 1. The van der Waals surface area contributed by atoms with Gasteiger partial charge in [-0.25, -0.2) is 14.9 Å². The van der Waals surface area contributed by atoms with Crippen LogP contribution in [0.1, 0.15) is 57.8 Å². The minimum atomic E-state index is -1.15. The van der Waals surface area contributed by atoms with Crippen LogP contribution in [0.3, 0.4) is 0 Å². The first kappa shape index (κ1) is 31.6. The highest BCUT2D eigenvalue weighted by molar-refractivity contribution is 7.20. The lowest BCUT2D eigenvalue weighted by Crippen LogP contribution is -2.57. The van der Waals surface area contributed by atoms with Crippen LogP contribution in [0.25, 0.3) is 10.2 Å². The zero-order valence-electron chi connectivity index (χ0n) is 26.2. The monoisotopic (exact) mass is 661 g/mol. The first-order valence-electron chi connectivity index (χ1n) is 16.6. The number of benzene rings is 2. The highest BCUT2D eigenvalue weighted by Crippen LogP contribution is 2.46. The summed E-state index contributed by atoms with van der Waals surface area (Å²) in [6.45, 7) is 0.621. The second-order valence-electron chi connectivity index (χ2n) is 13.2. The Hall–Kier alpha value is -4.03. The Bertz CT molecular complexity index is 1650. The normalized spacial score (nSPS) is 28.1. The van der Waals surface area contributed by atoms with Gasteiger partial charge in [0, 0.05) is 18.0 Å². The van der Waals surface area contributed by atoms with Crippen molar-refractivity contribution in [1.29, 1.82) is 0 Å². The topological polar surface area (TPSA) is 122 Å². The molecule has 2 aliphatic carbocycles. The second-order valence-corrected chi connectivity index (χ2v) is 14.2. The van der Waals surface area contributed by atoms with E-state index in [2.05, 4.69) is 27.2 Å². The molecule has 2 aromatic carbocycles. The Morgan fingerprint density at radius 3 is 2.79 bits per heavy atom. The van der Waals surface area contributed by atoms with Gasteiger partial charge in [0.05, 0.1) is 23.4 Å². The lowest BCUT2D eigenvalue weighted by molar-refractivity contribution is -0.143. The minimum Gasteiger partial charge on any atom is -0.465 e. The number of para-hydroxylation sites is 1. The van der Waals surface area contributed by atoms with E-state index in [1.165, 1.54) is 23.5 Å². The molecule has 7 rings (SSSR count). The summed E-state index contributed by atoms with van der Waals surface area (Å²) in [4.78, 5) is 53.7. The summed E-state index contributed by atoms with van der Waals surface area (Å²) in [5, 5.41) is 6.81. The summed E-state index contributed by atoms with van der Waals surface area (Å²) >= 11 is 1.22. The van der Waals surface area contributed by atoms with Gasteiger partial charge in [-0.1, -0.05) is 54.5 Å². The zero-order valence-corrected chi connectivity index (χ0v) is 27.0. The quantitative estimate of drug-likeness (QED) is 0.227. The minimum absolute atomic E-state index is 0.168. The van der Waals surface area contributed by atoms with E-state index >= 15 is 0 Å². The fourth-order valence-corrected chi connectivity index (χ4v) is 7.48. The molecule has 0 spiro atoms. The van der Waals surface area contributed by atoms with E-state index in [4.69, 9.17) is 9.57 Å². The molecule has 10 nitrogen and oxygen atoms in total.